The highest BCUT2D eigenvalue weighted by molar-refractivity contribution is 6.04. The smallest absolute Gasteiger partial charge is 0.0638 e. The molecule has 0 saturated carbocycles. The zero-order valence-electron chi connectivity index (χ0n) is 29.8. The van der Waals surface area contributed by atoms with Gasteiger partial charge in [-0.3, -0.25) is 4.99 Å². The highest BCUT2D eigenvalue weighted by Crippen LogP contribution is 2.29. The number of allylic oxidation sites excluding steroid dienone is 1. The third-order valence-electron chi connectivity index (χ3n) is 9.31. The Morgan fingerprint density at radius 3 is 1.63 bits per heavy atom. The summed E-state index contributed by atoms with van der Waals surface area (Å²) >= 11 is 0. The zero-order valence-corrected chi connectivity index (χ0v) is 29.8. The van der Waals surface area contributed by atoms with Crippen molar-refractivity contribution in [2.45, 2.75) is 177 Å². The first-order chi connectivity index (χ1) is 21.0. The third kappa shape index (κ3) is 12.4. The van der Waals surface area contributed by atoms with Crippen molar-refractivity contribution in [1.29, 1.82) is 0 Å². The van der Waals surface area contributed by atoms with Crippen LogP contribution in [0, 0.1) is 0 Å². The third-order valence-corrected chi connectivity index (χ3v) is 9.31. The minimum atomic E-state index is 0.950. The summed E-state index contributed by atoms with van der Waals surface area (Å²) in [5.41, 5.74) is 14.4. The van der Waals surface area contributed by atoms with Gasteiger partial charge >= 0.3 is 0 Å². The van der Waals surface area contributed by atoms with E-state index in [0.717, 1.165) is 31.4 Å². The van der Waals surface area contributed by atoms with Gasteiger partial charge in [0.05, 0.1) is 5.69 Å². The molecule has 0 aliphatic rings. The predicted octanol–water partition coefficient (Wildman–Crippen LogP) is 13.3. The lowest BCUT2D eigenvalue weighted by Crippen LogP contribution is -2.03. The average Bonchev–Trinajstić information content (AvgIpc) is 3.02. The van der Waals surface area contributed by atoms with Gasteiger partial charge in [0, 0.05) is 5.71 Å². The number of unbranched alkanes of at least 4 members (excludes halogenated alkanes) is 9. The normalized spacial score (nSPS) is 12.4. The SMILES string of the molecule is CCCCCCCCc1cc(N=C(CC)C(C)=Cc2cc(CC)c(CCCC)c(CCCCCC)c2)cc(CC)c1CC. The van der Waals surface area contributed by atoms with Crippen LogP contribution in [-0.4, -0.2) is 5.71 Å². The first-order valence-corrected chi connectivity index (χ1v) is 18.5. The fraction of sp³-hybridized carbons (Fsp3) is 0.643. The second kappa shape index (κ2) is 21.5. The van der Waals surface area contributed by atoms with E-state index in [1.165, 1.54) is 124 Å². The Bertz CT molecular complexity index is 1130. The molecule has 240 valence electrons. The van der Waals surface area contributed by atoms with Crippen LogP contribution in [0.4, 0.5) is 5.69 Å². The predicted molar refractivity (Wildman–Crippen MR) is 196 cm³/mol. The van der Waals surface area contributed by atoms with Gasteiger partial charge in [0.1, 0.15) is 0 Å². The van der Waals surface area contributed by atoms with E-state index in [4.69, 9.17) is 4.99 Å². The van der Waals surface area contributed by atoms with Gasteiger partial charge in [-0.2, -0.15) is 0 Å². The van der Waals surface area contributed by atoms with Crippen molar-refractivity contribution >= 4 is 17.5 Å². The van der Waals surface area contributed by atoms with Gasteiger partial charge in [-0.25, -0.2) is 0 Å². The lowest BCUT2D eigenvalue weighted by atomic mass is 9.89. The largest absolute Gasteiger partial charge is 0.253 e. The second-order valence-electron chi connectivity index (χ2n) is 12.8. The molecule has 0 aliphatic heterocycles. The Hall–Kier alpha value is -2.15. The van der Waals surface area contributed by atoms with Crippen LogP contribution in [0.5, 0.6) is 0 Å². The van der Waals surface area contributed by atoms with Gasteiger partial charge in [0.2, 0.25) is 0 Å². The number of hydrogen-bond donors (Lipinski definition) is 0. The van der Waals surface area contributed by atoms with E-state index in [0.29, 0.717) is 0 Å². The van der Waals surface area contributed by atoms with E-state index in [9.17, 15) is 0 Å². The Morgan fingerprint density at radius 2 is 1.05 bits per heavy atom. The van der Waals surface area contributed by atoms with Crippen molar-refractivity contribution in [2.75, 3.05) is 0 Å². The fourth-order valence-electron chi connectivity index (χ4n) is 6.73. The molecule has 0 amide bonds. The molecule has 0 radical (unpaired) electrons. The van der Waals surface area contributed by atoms with Crippen LogP contribution in [0.2, 0.25) is 0 Å². The van der Waals surface area contributed by atoms with Crippen LogP contribution in [0.3, 0.4) is 0 Å². The van der Waals surface area contributed by atoms with Gasteiger partial charge in [-0.05, 0) is 128 Å². The van der Waals surface area contributed by atoms with Crippen LogP contribution in [-0.2, 0) is 38.5 Å². The maximum atomic E-state index is 5.33. The van der Waals surface area contributed by atoms with Crippen molar-refractivity contribution < 1.29 is 0 Å². The van der Waals surface area contributed by atoms with E-state index in [-0.39, 0.29) is 0 Å². The number of hydrogen-bond acceptors (Lipinski definition) is 1. The van der Waals surface area contributed by atoms with E-state index in [1.807, 2.05) is 0 Å². The molecule has 0 fully saturated rings. The summed E-state index contributed by atoms with van der Waals surface area (Å²) in [6.45, 7) is 18.4. The highest BCUT2D eigenvalue weighted by Gasteiger charge is 2.12. The molecule has 0 saturated heterocycles. The molecular weight excluding hydrogens is 518 g/mol. The lowest BCUT2D eigenvalue weighted by Gasteiger charge is -2.17. The van der Waals surface area contributed by atoms with Gasteiger partial charge in [-0.1, -0.05) is 124 Å². The van der Waals surface area contributed by atoms with Crippen LogP contribution < -0.4 is 0 Å². The minimum absolute atomic E-state index is 0.950. The van der Waals surface area contributed by atoms with E-state index >= 15 is 0 Å². The Morgan fingerprint density at radius 1 is 0.535 bits per heavy atom. The van der Waals surface area contributed by atoms with Gasteiger partial charge in [-0.15, -0.1) is 0 Å². The molecule has 2 rings (SSSR count). The molecule has 2 aromatic carbocycles. The van der Waals surface area contributed by atoms with Crippen molar-refractivity contribution in [3.8, 4) is 0 Å². The van der Waals surface area contributed by atoms with Crippen LogP contribution >= 0.6 is 0 Å². The fourth-order valence-corrected chi connectivity index (χ4v) is 6.73. The minimum Gasteiger partial charge on any atom is -0.253 e. The zero-order chi connectivity index (χ0) is 31.5. The first-order valence-electron chi connectivity index (χ1n) is 18.5. The molecule has 1 heteroatoms. The summed E-state index contributed by atoms with van der Waals surface area (Å²) in [7, 11) is 0. The molecule has 0 heterocycles. The summed E-state index contributed by atoms with van der Waals surface area (Å²) in [6.07, 6.45) is 26.2. The van der Waals surface area contributed by atoms with Crippen molar-refractivity contribution in [1.82, 2.24) is 0 Å². The van der Waals surface area contributed by atoms with Crippen molar-refractivity contribution in [2.24, 2.45) is 4.99 Å². The molecule has 0 atom stereocenters. The molecule has 0 aromatic heterocycles. The number of rotatable bonds is 22. The lowest BCUT2D eigenvalue weighted by molar-refractivity contribution is 0.606. The molecule has 0 bridgehead atoms. The van der Waals surface area contributed by atoms with Crippen molar-refractivity contribution in [3.05, 3.63) is 68.8 Å². The van der Waals surface area contributed by atoms with Gasteiger partial charge in [0.15, 0.2) is 0 Å². The molecular formula is C42H67N. The van der Waals surface area contributed by atoms with Gasteiger partial charge < -0.3 is 0 Å². The monoisotopic (exact) mass is 586 g/mol. The number of aryl methyl sites for hydroxylation is 4. The van der Waals surface area contributed by atoms with Crippen molar-refractivity contribution in [3.63, 3.8) is 0 Å². The molecule has 1 nitrogen and oxygen atoms in total. The van der Waals surface area contributed by atoms with E-state index < -0.39 is 0 Å². The summed E-state index contributed by atoms with van der Waals surface area (Å²) < 4.78 is 0. The summed E-state index contributed by atoms with van der Waals surface area (Å²) in [5, 5.41) is 0. The molecule has 0 spiro atoms. The number of nitrogens with zero attached hydrogens (tertiary/aromatic N) is 1. The summed E-state index contributed by atoms with van der Waals surface area (Å²) in [6, 6.07) is 9.77. The molecule has 0 aliphatic carbocycles. The van der Waals surface area contributed by atoms with Crippen LogP contribution in [0.1, 0.15) is 178 Å². The summed E-state index contributed by atoms with van der Waals surface area (Å²) in [4.78, 5) is 5.33. The van der Waals surface area contributed by atoms with Crippen LogP contribution in [0.25, 0.3) is 6.08 Å². The topological polar surface area (TPSA) is 12.4 Å². The number of aliphatic imine (C=N–C) groups is 1. The second-order valence-corrected chi connectivity index (χ2v) is 12.8. The molecule has 43 heavy (non-hydrogen) atoms. The highest BCUT2D eigenvalue weighted by atomic mass is 14.7. The Labute approximate surface area is 268 Å². The summed E-state index contributed by atoms with van der Waals surface area (Å²) in [5.74, 6) is 0. The quantitative estimate of drug-likeness (QED) is 0.0962. The maximum Gasteiger partial charge on any atom is 0.0638 e. The molecule has 2 aromatic rings. The molecule has 0 unspecified atom stereocenters. The maximum absolute atomic E-state index is 5.33. The molecule has 0 N–H and O–H groups in total. The average molecular weight is 586 g/mol. The van der Waals surface area contributed by atoms with Gasteiger partial charge in [0.25, 0.3) is 0 Å². The number of benzene rings is 2. The van der Waals surface area contributed by atoms with E-state index in [1.54, 1.807) is 22.3 Å². The van der Waals surface area contributed by atoms with Crippen LogP contribution in [0.15, 0.2) is 34.8 Å². The standard InChI is InChI=1S/C42H67N/c1-9-16-19-21-22-24-26-38-32-39(31-36(13-5)40(38)14-6)43-42(15-7)33(8)28-34-29-35(12-4)41(27-18-11-3)37(30-34)25-23-20-17-10-2/h28-32H,9-27H2,1-8H3. The Balaban J connectivity index is 2.41. The first kappa shape index (κ1) is 37.0. The van der Waals surface area contributed by atoms with E-state index in [2.05, 4.69) is 85.7 Å². The Kier molecular flexibility index (Phi) is 18.5.